The van der Waals surface area contributed by atoms with E-state index < -0.39 is 0 Å². The summed E-state index contributed by atoms with van der Waals surface area (Å²) in [4.78, 5) is 15.0. The van der Waals surface area contributed by atoms with E-state index in [0.29, 0.717) is 35.2 Å². The van der Waals surface area contributed by atoms with Crippen molar-refractivity contribution in [3.8, 4) is 5.75 Å². The van der Waals surface area contributed by atoms with Crippen molar-refractivity contribution in [1.29, 1.82) is 0 Å². The number of hydrogen-bond acceptors (Lipinski definition) is 5. The molecule has 0 aliphatic carbocycles. The van der Waals surface area contributed by atoms with Crippen LogP contribution in [0.5, 0.6) is 5.75 Å². The normalized spacial score (nSPS) is 10.5. The molecule has 1 heterocycles. The number of benzene rings is 2. The highest BCUT2D eigenvalue weighted by Crippen LogP contribution is 2.25. The van der Waals surface area contributed by atoms with E-state index in [1.807, 2.05) is 43.3 Å². The van der Waals surface area contributed by atoms with Gasteiger partial charge in [-0.05, 0) is 36.8 Å². The topological polar surface area (TPSA) is 79.9 Å². The SMILES string of the molecule is CCOc1ccccc1Nc1nnc(Cc2ccc(Cl)cc2)c(=O)[nH]1. The number of aromatic nitrogens is 3. The van der Waals surface area contributed by atoms with Crippen molar-refractivity contribution in [1.82, 2.24) is 15.2 Å². The Morgan fingerprint density at radius 2 is 1.88 bits per heavy atom. The fraction of sp³-hybridized carbons (Fsp3) is 0.167. The zero-order valence-electron chi connectivity index (χ0n) is 13.6. The summed E-state index contributed by atoms with van der Waals surface area (Å²) in [6.07, 6.45) is 0.384. The molecule has 0 saturated carbocycles. The summed E-state index contributed by atoms with van der Waals surface area (Å²) in [5.74, 6) is 0.940. The number of rotatable bonds is 6. The van der Waals surface area contributed by atoms with Gasteiger partial charge in [-0.15, -0.1) is 10.2 Å². The molecule has 0 fully saturated rings. The number of ether oxygens (including phenoxy) is 1. The molecule has 0 amide bonds. The zero-order valence-corrected chi connectivity index (χ0v) is 14.4. The molecule has 1 aromatic heterocycles. The lowest BCUT2D eigenvalue weighted by Gasteiger charge is -2.11. The van der Waals surface area contributed by atoms with E-state index >= 15 is 0 Å². The molecule has 0 bridgehead atoms. The Morgan fingerprint density at radius 3 is 2.60 bits per heavy atom. The first-order valence-electron chi connectivity index (χ1n) is 7.85. The van der Waals surface area contributed by atoms with Crippen LogP contribution in [-0.2, 0) is 6.42 Å². The molecule has 0 spiro atoms. The lowest BCUT2D eigenvalue weighted by atomic mass is 10.1. The zero-order chi connectivity index (χ0) is 17.6. The van der Waals surface area contributed by atoms with Crippen molar-refractivity contribution < 1.29 is 4.74 Å². The Morgan fingerprint density at radius 1 is 1.12 bits per heavy atom. The number of aromatic amines is 1. The fourth-order valence-electron chi connectivity index (χ4n) is 2.31. The van der Waals surface area contributed by atoms with Crippen molar-refractivity contribution in [2.24, 2.45) is 0 Å². The minimum atomic E-state index is -0.290. The average Bonchev–Trinajstić information content (AvgIpc) is 2.61. The van der Waals surface area contributed by atoms with Crippen LogP contribution in [0.4, 0.5) is 11.6 Å². The van der Waals surface area contributed by atoms with Gasteiger partial charge in [-0.25, -0.2) is 0 Å². The number of anilines is 2. The van der Waals surface area contributed by atoms with Gasteiger partial charge in [0.05, 0.1) is 12.3 Å². The first-order chi connectivity index (χ1) is 12.2. The first kappa shape index (κ1) is 17.0. The third-order valence-electron chi connectivity index (χ3n) is 3.49. The van der Waals surface area contributed by atoms with Crippen LogP contribution in [0.15, 0.2) is 53.3 Å². The average molecular weight is 357 g/mol. The highest BCUT2D eigenvalue weighted by molar-refractivity contribution is 6.30. The number of halogens is 1. The number of nitrogens with one attached hydrogen (secondary N) is 2. The maximum Gasteiger partial charge on any atom is 0.274 e. The van der Waals surface area contributed by atoms with Crippen LogP contribution in [0.3, 0.4) is 0 Å². The van der Waals surface area contributed by atoms with Gasteiger partial charge in [0.15, 0.2) is 0 Å². The summed E-state index contributed by atoms with van der Waals surface area (Å²) >= 11 is 5.86. The van der Waals surface area contributed by atoms with E-state index in [1.54, 1.807) is 12.1 Å². The minimum absolute atomic E-state index is 0.261. The summed E-state index contributed by atoms with van der Waals surface area (Å²) < 4.78 is 5.54. The van der Waals surface area contributed by atoms with Crippen molar-refractivity contribution in [2.75, 3.05) is 11.9 Å². The summed E-state index contributed by atoms with van der Waals surface area (Å²) in [6, 6.07) is 14.7. The predicted octanol–water partition coefficient (Wildman–Crippen LogP) is 3.55. The first-order valence-corrected chi connectivity index (χ1v) is 8.22. The van der Waals surface area contributed by atoms with E-state index in [0.717, 1.165) is 5.56 Å². The molecule has 0 aliphatic heterocycles. The van der Waals surface area contributed by atoms with Gasteiger partial charge < -0.3 is 10.1 Å². The number of hydrogen-bond donors (Lipinski definition) is 2. The van der Waals surface area contributed by atoms with Crippen molar-refractivity contribution in [2.45, 2.75) is 13.3 Å². The number of para-hydroxylation sites is 2. The van der Waals surface area contributed by atoms with E-state index in [4.69, 9.17) is 16.3 Å². The Hall–Kier alpha value is -2.86. The molecule has 3 rings (SSSR count). The van der Waals surface area contributed by atoms with Crippen LogP contribution in [-0.4, -0.2) is 21.8 Å². The van der Waals surface area contributed by atoms with Crippen molar-refractivity contribution in [3.05, 3.63) is 75.2 Å². The van der Waals surface area contributed by atoms with Gasteiger partial charge >= 0.3 is 0 Å². The summed E-state index contributed by atoms with van der Waals surface area (Å²) in [5, 5.41) is 11.8. The van der Waals surface area contributed by atoms with Gasteiger partial charge in [-0.3, -0.25) is 9.78 Å². The Balaban J connectivity index is 1.78. The molecule has 0 saturated heterocycles. The largest absolute Gasteiger partial charge is 0.492 e. The third-order valence-corrected chi connectivity index (χ3v) is 3.74. The lowest BCUT2D eigenvalue weighted by molar-refractivity contribution is 0.342. The number of H-pyrrole nitrogens is 1. The van der Waals surface area contributed by atoms with Crippen molar-refractivity contribution >= 4 is 23.2 Å². The van der Waals surface area contributed by atoms with E-state index in [2.05, 4.69) is 20.5 Å². The molecule has 2 aromatic carbocycles. The second kappa shape index (κ2) is 7.81. The van der Waals surface area contributed by atoms with E-state index in [1.165, 1.54) is 0 Å². The Labute approximate surface area is 149 Å². The van der Waals surface area contributed by atoms with Crippen LogP contribution in [0, 0.1) is 0 Å². The van der Waals surface area contributed by atoms with E-state index in [9.17, 15) is 4.79 Å². The third kappa shape index (κ3) is 4.36. The summed E-state index contributed by atoms with van der Waals surface area (Å²) in [7, 11) is 0. The van der Waals surface area contributed by atoms with Crippen LogP contribution < -0.4 is 15.6 Å². The second-order valence-electron chi connectivity index (χ2n) is 5.31. The number of nitrogens with zero attached hydrogens (tertiary/aromatic N) is 2. The minimum Gasteiger partial charge on any atom is -0.492 e. The molecular formula is C18H17ClN4O2. The monoisotopic (exact) mass is 356 g/mol. The molecule has 0 aliphatic rings. The molecular weight excluding hydrogens is 340 g/mol. The highest BCUT2D eigenvalue weighted by Gasteiger charge is 2.08. The molecule has 7 heteroatoms. The lowest BCUT2D eigenvalue weighted by Crippen LogP contribution is -2.19. The molecule has 25 heavy (non-hydrogen) atoms. The predicted molar refractivity (Wildman–Crippen MR) is 97.8 cm³/mol. The summed E-state index contributed by atoms with van der Waals surface area (Å²) in [5.41, 5.74) is 1.69. The van der Waals surface area contributed by atoms with E-state index in [-0.39, 0.29) is 11.5 Å². The molecule has 6 nitrogen and oxygen atoms in total. The molecule has 3 aromatic rings. The van der Waals surface area contributed by atoms with Gasteiger partial charge in [0.2, 0.25) is 5.95 Å². The van der Waals surface area contributed by atoms with Gasteiger partial charge in [-0.2, -0.15) is 0 Å². The van der Waals surface area contributed by atoms with Crippen LogP contribution >= 0.6 is 11.6 Å². The maximum atomic E-state index is 12.3. The fourth-order valence-corrected chi connectivity index (χ4v) is 2.43. The second-order valence-corrected chi connectivity index (χ2v) is 5.74. The Bertz CT molecular complexity index is 909. The molecule has 2 N–H and O–H groups in total. The van der Waals surface area contributed by atoms with Crippen LogP contribution in [0.1, 0.15) is 18.2 Å². The van der Waals surface area contributed by atoms with Gasteiger partial charge in [0, 0.05) is 11.4 Å². The van der Waals surface area contributed by atoms with Crippen LogP contribution in [0.2, 0.25) is 5.02 Å². The smallest absolute Gasteiger partial charge is 0.274 e. The van der Waals surface area contributed by atoms with Gasteiger partial charge in [0.25, 0.3) is 5.56 Å². The highest BCUT2D eigenvalue weighted by atomic mass is 35.5. The maximum absolute atomic E-state index is 12.3. The molecule has 128 valence electrons. The summed E-state index contributed by atoms with van der Waals surface area (Å²) in [6.45, 7) is 2.45. The Kier molecular flexibility index (Phi) is 5.30. The molecule has 0 radical (unpaired) electrons. The van der Waals surface area contributed by atoms with Gasteiger partial charge in [0.1, 0.15) is 11.4 Å². The molecule has 0 atom stereocenters. The standard InChI is InChI=1S/C18H17ClN4O2/c1-2-25-16-6-4-3-5-14(16)20-18-21-17(24)15(22-23-18)11-12-7-9-13(19)10-8-12/h3-10H,2,11H2,1H3,(H2,20,21,23,24). The van der Waals surface area contributed by atoms with Crippen molar-refractivity contribution in [3.63, 3.8) is 0 Å². The van der Waals surface area contributed by atoms with Gasteiger partial charge in [-0.1, -0.05) is 35.9 Å². The quantitative estimate of drug-likeness (QED) is 0.706. The molecule has 0 unspecified atom stereocenters. The van der Waals surface area contributed by atoms with Crippen LogP contribution in [0.25, 0.3) is 0 Å².